The van der Waals surface area contributed by atoms with Gasteiger partial charge >= 0.3 is 0 Å². The molecule has 3 unspecified atom stereocenters. The van der Waals surface area contributed by atoms with Crippen molar-refractivity contribution >= 4 is 0 Å². The molecular weight excluding hydrogens is 162 g/mol. The fourth-order valence-electron chi connectivity index (χ4n) is 2.04. The van der Waals surface area contributed by atoms with E-state index in [4.69, 9.17) is 0 Å². The topological polar surface area (TPSA) is 32.3 Å². The van der Waals surface area contributed by atoms with Gasteiger partial charge in [0.25, 0.3) is 0 Å². The summed E-state index contributed by atoms with van der Waals surface area (Å²) in [5.41, 5.74) is -0.639. The zero-order chi connectivity index (χ0) is 9.31. The van der Waals surface area contributed by atoms with E-state index in [1.54, 1.807) is 0 Å². The van der Waals surface area contributed by atoms with Crippen molar-refractivity contribution in [1.29, 1.82) is 0 Å². The summed E-state index contributed by atoms with van der Waals surface area (Å²) in [5, 5.41) is 13.6. The van der Waals surface area contributed by atoms with Crippen LogP contribution in [0.4, 0.5) is 0 Å². The molecule has 13 heavy (non-hydrogen) atoms. The summed E-state index contributed by atoms with van der Waals surface area (Å²) in [6.07, 6.45) is 10.2. The molecule has 1 aliphatic heterocycles. The van der Waals surface area contributed by atoms with E-state index in [0.717, 1.165) is 19.4 Å². The molecule has 0 aromatic carbocycles. The molecule has 0 aromatic heterocycles. The minimum absolute atomic E-state index is 0.122. The summed E-state index contributed by atoms with van der Waals surface area (Å²) in [6.45, 7) is 3.07. The molecule has 0 aromatic rings. The standard InChI is InChI=1S/C11H17NO/c1-9-4-6-11(13,7-5-9)10-3-2-8-12-10/h2-4,6,9-10,12-13H,5,7-8H2,1H3. The Labute approximate surface area is 79.3 Å². The molecule has 0 fully saturated rings. The molecule has 1 heterocycles. The van der Waals surface area contributed by atoms with E-state index in [0.29, 0.717) is 5.92 Å². The van der Waals surface area contributed by atoms with Gasteiger partial charge in [-0.2, -0.15) is 0 Å². The Kier molecular flexibility index (Phi) is 2.26. The first-order chi connectivity index (χ1) is 6.21. The molecule has 2 nitrogen and oxygen atoms in total. The van der Waals surface area contributed by atoms with E-state index in [2.05, 4.69) is 30.5 Å². The average Bonchev–Trinajstić information content (AvgIpc) is 2.63. The van der Waals surface area contributed by atoms with Gasteiger partial charge < -0.3 is 10.4 Å². The molecular formula is C11H17NO. The Morgan fingerprint density at radius 3 is 2.85 bits per heavy atom. The van der Waals surface area contributed by atoms with E-state index in [1.807, 2.05) is 6.08 Å². The maximum atomic E-state index is 10.3. The average molecular weight is 179 g/mol. The highest BCUT2D eigenvalue weighted by molar-refractivity contribution is 5.20. The largest absolute Gasteiger partial charge is 0.384 e. The van der Waals surface area contributed by atoms with Crippen molar-refractivity contribution in [3.05, 3.63) is 24.3 Å². The quantitative estimate of drug-likeness (QED) is 0.593. The molecule has 2 rings (SSSR count). The number of allylic oxidation sites excluding steroid dienone is 1. The maximum Gasteiger partial charge on any atom is 0.102 e. The first-order valence-electron chi connectivity index (χ1n) is 5.02. The number of hydrogen-bond donors (Lipinski definition) is 2. The van der Waals surface area contributed by atoms with Crippen LogP contribution in [0.2, 0.25) is 0 Å². The SMILES string of the molecule is CC1C=CC(O)(C2C=CCN2)CC1. The van der Waals surface area contributed by atoms with Crippen LogP contribution in [-0.4, -0.2) is 23.3 Å². The highest BCUT2D eigenvalue weighted by Crippen LogP contribution is 2.29. The van der Waals surface area contributed by atoms with Gasteiger partial charge in [0, 0.05) is 6.54 Å². The molecule has 2 heteroatoms. The summed E-state index contributed by atoms with van der Waals surface area (Å²) in [6, 6.07) is 0.122. The smallest absolute Gasteiger partial charge is 0.102 e. The van der Waals surface area contributed by atoms with Crippen molar-refractivity contribution in [3.63, 3.8) is 0 Å². The first kappa shape index (κ1) is 8.97. The van der Waals surface area contributed by atoms with Crippen molar-refractivity contribution in [3.8, 4) is 0 Å². The van der Waals surface area contributed by atoms with Crippen LogP contribution in [0.25, 0.3) is 0 Å². The van der Waals surface area contributed by atoms with Crippen LogP contribution in [-0.2, 0) is 0 Å². The first-order valence-corrected chi connectivity index (χ1v) is 5.02. The van der Waals surface area contributed by atoms with Gasteiger partial charge in [0.2, 0.25) is 0 Å². The second-order valence-electron chi connectivity index (χ2n) is 4.18. The van der Waals surface area contributed by atoms with Gasteiger partial charge in [0.1, 0.15) is 5.60 Å². The van der Waals surface area contributed by atoms with Gasteiger partial charge in [-0.05, 0) is 18.8 Å². The molecule has 0 saturated carbocycles. The monoisotopic (exact) mass is 179 g/mol. The molecule has 2 aliphatic rings. The number of aliphatic hydroxyl groups is 1. The van der Waals surface area contributed by atoms with Gasteiger partial charge in [-0.15, -0.1) is 0 Å². The summed E-state index contributed by atoms with van der Waals surface area (Å²) >= 11 is 0. The summed E-state index contributed by atoms with van der Waals surface area (Å²) < 4.78 is 0. The lowest BCUT2D eigenvalue weighted by molar-refractivity contribution is 0.0489. The summed E-state index contributed by atoms with van der Waals surface area (Å²) in [4.78, 5) is 0. The van der Waals surface area contributed by atoms with E-state index in [1.165, 1.54) is 0 Å². The number of rotatable bonds is 1. The zero-order valence-corrected chi connectivity index (χ0v) is 8.03. The Hall–Kier alpha value is -0.600. The van der Waals surface area contributed by atoms with Gasteiger partial charge in [-0.25, -0.2) is 0 Å². The predicted octanol–water partition coefficient (Wildman–Crippen LogP) is 1.23. The van der Waals surface area contributed by atoms with Crippen molar-refractivity contribution in [1.82, 2.24) is 5.32 Å². The Morgan fingerprint density at radius 2 is 2.31 bits per heavy atom. The molecule has 0 saturated heterocycles. The minimum atomic E-state index is -0.639. The van der Waals surface area contributed by atoms with Crippen LogP contribution in [0.1, 0.15) is 19.8 Å². The molecule has 0 bridgehead atoms. The lowest BCUT2D eigenvalue weighted by atomic mass is 9.81. The third kappa shape index (κ3) is 1.69. The lowest BCUT2D eigenvalue weighted by Gasteiger charge is -2.34. The predicted molar refractivity (Wildman–Crippen MR) is 53.4 cm³/mol. The molecule has 1 aliphatic carbocycles. The minimum Gasteiger partial charge on any atom is -0.384 e. The van der Waals surface area contributed by atoms with Crippen LogP contribution in [0.5, 0.6) is 0 Å². The molecule has 0 spiro atoms. The Balaban J connectivity index is 2.11. The number of nitrogens with one attached hydrogen (secondary N) is 1. The normalized spacial score (nSPS) is 44.2. The van der Waals surface area contributed by atoms with Gasteiger partial charge in [-0.3, -0.25) is 0 Å². The molecule has 0 radical (unpaired) electrons. The second kappa shape index (κ2) is 3.28. The van der Waals surface area contributed by atoms with Gasteiger partial charge in [0.05, 0.1) is 6.04 Å². The maximum absolute atomic E-state index is 10.3. The Morgan fingerprint density at radius 1 is 1.46 bits per heavy atom. The van der Waals surface area contributed by atoms with Gasteiger partial charge in [-0.1, -0.05) is 31.2 Å². The molecule has 72 valence electrons. The second-order valence-corrected chi connectivity index (χ2v) is 4.18. The highest BCUT2D eigenvalue weighted by Gasteiger charge is 2.35. The highest BCUT2D eigenvalue weighted by atomic mass is 16.3. The number of hydrogen-bond acceptors (Lipinski definition) is 2. The molecule has 2 N–H and O–H groups in total. The zero-order valence-electron chi connectivity index (χ0n) is 8.03. The van der Waals surface area contributed by atoms with Crippen molar-refractivity contribution < 1.29 is 5.11 Å². The Bertz CT molecular complexity index is 246. The van der Waals surface area contributed by atoms with Crippen LogP contribution < -0.4 is 5.32 Å². The van der Waals surface area contributed by atoms with E-state index < -0.39 is 5.60 Å². The fraction of sp³-hybridized carbons (Fsp3) is 0.636. The summed E-state index contributed by atoms with van der Waals surface area (Å²) in [5.74, 6) is 0.616. The third-order valence-electron chi connectivity index (χ3n) is 3.04. The van der Waals surface area contributed by atoms with Crippen LogP contribution in [0, 0.1) is 5.92 Å². The van der Waals surface area contributed by atoms with Crippen molar-refractivity contribution in [2.24, 2.45) is 5.92 Å². The molecule has 0 amide bonds. The molecule has 3 atom stereocenters. The van der Waals surface area contributed by atoms with E-state index >= 15 is 0 Å². The fourth-order valence-corrected chi connectivity index (χ4v) is 2.04. The van der Waals surface area contributed by atoms with Gasteiger partial charge in [0.15, 0.2) is 0 Å². The lowest BCUT2D eigenvalue weighted by Crippen LogP contribution is -2.47. The van der Waals surface area contributed by atoms with E-state index in [-0.39, 0.29) is 6.04 Å². The summed E-state index contributed by atoms with van der Waals surface area (Å²) in [7, 11) is 0. The third-order valence-corrected chi connectivity index (χ3v) is 3.04. The van der Waals surface area contributed by atoms with Crippen LogP contribution >= 0.6 is 0 Å². The van der Waals surface area contributed by atoms with E-state index in [9.17, 15) is 5.11 Å². The van der Waals surface area contributed by atoms with Crippen LogP contribution in [0.3, 0.4) is 0 Å². The van der Waals surface area contributed by atoms with Crippen molar-refractivity contribution in [2.45, 2.75) is 31.4 Å². The van der Waals surface area contributed by atoms with Crippen molar-refractivity contribution in [2.75, 3.05) is 6.54 Å². The van der Waals surface area contributed by atoms with Crippen LogP contribution in [0.15, 0.2) is 24.3 Å².